The van der Waals surface area contributed by atoms with Gasteiger partial charge in [-0.25, -0.2) is 9.97 Å². The van der Waals surface area contributed by atoms with Crippen LogP contribution in [0.1, 0.15) is 5.69 Å². The van der Waals surface area contributed by atoms with Crippen LogP contribution in [-0.2, 0) is 7.05 Å². The number of nitrogens with zero attached hydrogens (tertiary/aromatic N) is 4. The van der Waals surface area contributed by atoms with Crippen LogP contribution in [0.25, 0.3) is 0 Å². The summed E-state index contributed by atoms with van der Waals surface area (Å²) in [5.74, 6) is 1.32. The van der Waals surface area contributed by atoms with E-state index in [-0.39, 0.29) is 4.99 Å². The Balaban J connectivity index is 2.35. The third-order valence-electron chi connectivity index (χ3n) is 2.00. The first kappa shape index (κ1) is 10.5. The monoisotopic (exact) mass is 234 g/mol. The molecule has 0 saturated carbocycles. The zero-order chi connectivity index (χ0) is 11.5. The molecule has 0 atom stereocenters. The van der Waals surface area contributed by atoms with Crippen molar-refractivity contribution < 1.29 is 0 Å². The van der Waals surface area contributed by atoms with Crippen LogP contribution < -0.4 is 11.1 Å². The van der Waals surface area contributed by atoms with Gasteiger partial charge in [0.05, 0.1) is 6.20 Å². The van der Waals surface area contributed by atoms with E-state index in [4.69, 9.17) is 18.0 Å². The molecule has 0 spiro atoms. The molecule has 0 aromatic carbocycles. The first-order valence-corrected chi connectivity index (χ1v) is 4.95. The average molecular weight is 234 g/mol. The molecule has 2 aromatic heterocycles. The van der Waals surface area contributed by atoms with Crippen LogP contribution in [0.4, 0.5) is 11.6 Å². The highest BCUT2D eigenvalue weighted by Gasteiger charge is 2.09. The predicted molar refractivity (Wildman–Crippen MR) is 64.4 cm³/mol. The first-order chi connectivity index (χ1) is 7.68. The quantitative estimate of drug-likeness (QED) is 0.756. The molecular formula is C9H10N6S. The molecule has 0 aliphatic carbocycles. The molecule has 2 rings (SSSR count). The highest BCUT2D eigenvalue weighted by Crippen LogP contribution is 2.15. The fourth-order valence-electron chi connectivity index (χ4n) is 1.23. The lowest BCUT2D eigenvalue weighted by molar-refractivity contribution is 0.776. The molecule has 0 fully saturated rings. The minimum absolute atomic E-state index is 0.206. The number of rotatable bonds is 3. The van der Waals surface area contributed by atoms with Gasteiger partial charge in [0, 0.05) is 25.5 Å². The Bertz CT molecular complexity index is 520. The van der Waals surface area contributed by atoms with Crippen molar-refractivity contribution in [3.05, 3.63) is 30.4 Å². The van der Waals surface area contributed by atoms with Crippen molar-refractivity contribution in [1.82, 2.24) is 19.7 Å². The second-order valence-electron chi connectivity index (χ2n) is 3.08. The molecule has 7 heteroatoms. The second-order valence-corrected chi connectivity index (χ2v) is 3.52. The van der Waals surface area contributed by atoms with Gasteiger partial charge in [0.2, 0.25) is 0 Å². The number of hydrogen-bond donors (Lipinski definition) is 2. The van der Waals surface area contributed by atoms with Crippen LogP contribution in [-0.4, -0.2) is 24.7 Å². The number of thiocarbonyl (C=S) groups is 1. The van der Waals surface area contributed by atoms with Gasteiger partial charge in [-0.15, -0.1) is 0 Å². The summed E-state index contributed by atoms with van der Waals surface area (Å²) in [7, 11) is 1.82. The topological polar surface area (TPSA) is 81.7 Å². The molecule has 16 heavy (non-hydrogen) atoms. The van der Waals surface area contributed by atoms with Gasteiger partial charge < -0.3 is 11.1 Å². The van der Waals surface area contributed by atoms with Crippen LogP contribution in [0, 0.1) is 0 Å². The van der Waals surface area contributed by atoms with Crippen molar-refractivity contribution in [2.75, 3.05) is 5.32 Å². The maximum absolute atomic E-state index is 5.55. The van der Waals surface area contributed by atoms with E-state index < -0.39 is 0 Å². The van der Waals surface area contributed by atoms with E-state index in [9.17, 15) is 0 Å². The highest BCUT2D eigenvalue weighted by atomic mass is 32.1. The summed E-state index contributed by atoms with van der Waals surface area (Å²) in [5.41, 5.74) is 6.02. The number of nitrogens with one attached hydrogen (secondary N) is 1. The number of hydrogen-bond acceptors (Lipinski definition) is 5. The number of aromatic nitrogens is 4. The molecule has 0 aliphatic heterocycles. The fraction of sp³-hybridized carbons (Fsp3) is 0.111. The molecule has 0 aliphatic rings. The third kappa shape index (κ3) is 1.98. The Kier molecular flexibility index (Phi) is 2.78. The maximum Gasteiger partial charge on any atom is 0.160 e. The third-order valence-corrected chi connectivity index (χ3v) is 2.19. The van der Waals surface area contributed by atoms with Crippen LogP contribution in [0.5, 0.6) is 0 Å². The van der Waals surface area contributed by atoms with Crippen LogP contribution in [0.2, 0.25) is 0 Å². The van der Waals surface area contributed by atoms with E-state index in [2.05, 4.69) is 20.4 Å². The van der Waals surface area contributed by atoms with Gasteiger partial charge in [-0.05, 0) is 0 Å². The van der Waals surface area contributed by atoms with Gasteiger partial charge in [-0.3, -0.25) is 4.68 Å². The van der Waals surface area contributed by atoms with Crippen LogP contribution in [0.15, 0.2) is 24.7 Å². The number of aryl methyl sites for hydroxylation is 1. The molecule has 2 aromatic rings. The SMILES string of the molecule is Cn1nccc1Nc1nccnc1C(N)=S. The largest absolute Gasteiger partial charge is 0.388 e. The molecule has 0 saturated heterocycles. The van der Waals surface area contributed by atoms with Crippen molar-refractivity contribution in [2.45, 2.75) is 0 Å². The van der Waals surface area contributed by atoms with E-state index in [1.54, 1.807) is 23.3 Å². The van der Waals surface area contributed by atoms with Gasteiger partial charge in [0.1, 0.15) is 16.5 Å². The van der Waals surface area contributed by atoms with Gasteiger partial charge in [-0.1, -0.05) is 12.2 Å². The van der Waals surface area contributed by atoms with Crippen molar-refractivity contribution in [1.29, 1.82) is 0 Å². The second kappa shape index (κ2) is 4.23. The number of nitrogens with two attached hydrogens (primary N) is 1. The minimum Gasteiger partial charge on any atom is -0.388 e. The highest BCUT2D eigenvalue weighted by molar-refractivity contribution is 7.80. The zero-order valence-corrected chi connectivity index (χ0v) is 9.40. The standard InChI is InChI=1S/C9H10N6S/c1-15-6(2-3-13-15)14-9-7(8(10)16)11-4-5-12-9/h2-5H,1H3,(H2,10,16)(H,12,14). The average Bonchev–Trinajstić information content (AvgIpc) is 2.65. The van der Waals surface area contributed by atoms with E-state index in [1.807, 2.05) is 13.1 Å². The van der Waals surface area contributed by atoms with E-state index in [0.717, 1.165) is 5.82 Å². The van der Waals surface area contributed by atoms with Crippen LogP contribution in [0.3, 0.4) is 0 Å². The minimum atomic E-state index is 0.206. The smallest absolute Gasteiger partial charge is 0.160 e. The summed E-state index contributed by atoms with van der Waals surface area (Å²) in [5, 5.41) is 7.09. The molecule has 0 amide bonds. The molecule has 0 bridgehead atoms. The Morgan fingerprint density at radius 1 is 1.38 bits per heavy atom. The summed E-state index contributed by atoms with van der Waals surface area (Å²) >= 11 is 4.89. The summed E-state index contributed by atoms with van der Waals surface area (Å²) in [6, 6.07) is 1.82. The van der Waals surface area contributed by atoms with Crippen molar-refractivity contribution in [3.63, 3.8) is 0 Å². The van der Waals surface area contributed by atoms with Gasteiger partial charge in [0.25, 0.3) is 0 Å². The molecule has 82 valence electrons. The number of anilines is 2. The van der Waals surface area contributed by atoms with Gasteiger partial charge >= 0.3 is 0 Å². The Hall–Kier alpha value is -2.02. The first-order valence-electron chi connectivity index (χ1n) is 4.54. The van der Waals surface area contributed by atoms with Crippen molar-refractivity contribution >= 4 is 28.8 Å². The van der Waals surface area contributed by atoms with Gasteiger partial charge in [-0.2, -0.15) is 5.10 Å². The summed E-state index contributed by atoms with van der Waals surface area (Å²) < 4.78 is 1.68. The predicted octanol–water partition coefficient (Wildman–Crippen LogP) is 0.588. The van der Waals surface area contributed by atoms with E-state index >= 15 is 0 Å². The fourth-order valence-corrected chi connectivity index (χ4v) is 1.38. The Morgan fingerprint density at radius 3 is 2.75 bits per heavy atom. The lowest BCUT2D eigenvalue weighted by Gasteiger charge is -2.08. The van der Waals surface area contributed by atoms with Gasteiger partial charge in [0.15, 0.2) is 5.82 Å². The maximum atomic E-state index is 5.55. The van der Waals surface area contributed by atoms with E-state index in [1.165, 1.54) is 0 Å². The molecular weight excluding hydrogens is 224 g/mol. The normalized spacial score (nSPS) is 10.1. The lowest BCUT2D eigenvalue weighted by Crippen LogP contribution is -2.15. The Labute approximate surface area is 97.5 Å². The molecule has 6 nitrogen and oxygen atoms in total. The molecule has 2 heterocycles. The molecule has 3 N–H and O–H groups in total. The summed E-state index contributed by atoms with van der Waals surface area (Å²) in [6.45, 7) is 0. The van der Waals surface area contributed by atoms with Crippen LogP contribution >= 0.6 is 12.2 Å². The lowest BCUT2D eigenvalue weighted by atomic mass is 10.4. The molecule has 0 radical (unpaired) electrons. The van der Waals surface area contributed by atoms with Crippen molar-refractivity contribution in [2.24, 2.45) is 12.8 Å². The zero-order valence-electron chi connectivity index (χ0n) is 8.58. The Morgan fingerprint density at radius 2 is 2.12 bits per heavy atom. The van der Waals surface area contributed by atoms with Crippen molar-refractivity contribution in [3.8, 4) is 0 Å². The molecule has 0 unspecified atom stereocenters. The summed E-state index contributed by atoms with van der Waals surface area (Å²) in [4.78, 5) is 8.41. The summed E-state index contributed by atoms with van der Waals surface area (Å²) in [6.07, 6.45) is 4.79. The van der Waals surface area contributed by atoms with E-state index in [0.29, 0.717) is 11.5 Å².